The van der Waals surface area contributed by atoms with E-state index in [2.05, 4.69) is 49.2 Å². The lowest BCUT2D eigenvalue weighted by Crippen LogP contribution is -2.53. The number of nitrogens with zero attached hydrogens (tertiary/aromatic N) is 1. The number of nitrogens with one attached hydrogen (secondary N) is 1. The zero-order valence-electron chi connectivity index (χ0n) is 12.2. The van der Waals surface area contributed by atoms with Crippen LogP contribution in [0.3, 0.4) is 0 Å². The summed E-state index contributed by atoms with van der Waals surface area (Å²) >= 11 is 0. The lowest BCUT2D eigenvalue weighted by molar-refractivity contribution is 0.0644. The molecule has 0 bridgehead atoms. The molecule has 19 heavy (non-hydrogen) atoms. The van der Waals surface area contributed by atoms with Crippen LogP contribution in [-0.4, -0.2) is 31.3 Å². The zero-order chi connectivity index (χ0) is 13.5. The molecule has 3 heteroatoms. The van der Waals surface area contributed by atoms with Gasteiger partial charge in [0.05, 0.1) is 18.8 Å². The third-order valence-electron chi connectivity index (χ3n) is 4.29. The second-order valence-electron chi connectivity index (χ2n) is 6.44. The van der Waals surface area contributed by atoms with Gasteiger partial charge in [0.15, 0.2) is 0 Å². The van der Waals surface area contributed by atoms with Crippen LogP contribution in [0.5, 0.6) is 0 Å². The molecule has 0 aliphatic carbocycles. The molecule has 1 aromatic rings. The average Bonchev–Trinajstić information content (AvgIpc) is 2.38. The number of ether oxygens (including phenoxy) is 1. The third kappa shape index (κ3) is 2.44. The Morgan fingerprint density at radius 1 is 1.37 bits per heavy atom. The van der Waals surface area contributed by atoms with Gasteiger partial charge < -0.3 is 15.0 Å². The molecule has 2 aliphatic heterocycles. The fraction of sp³-hybridized carbons (Fsp3) is 0.625. The van der Waals surface area contributed by atoms with Crippen molar-refractivity contribution in [2.45, 2.75) is 45.2 Å². The second kappa shape index (κ2) is 4.71. The van der Waals surface area contributed by atoms with E-state index >= 15 is 0 Å². The summed E-state index contributed by atoms with van der Waals surface area (Å²) in [6.07, 6.45) is 2.41. The molecule has 1 fully saturated rings. The Labute approximate surface area is 115 Å². The van der Waals surface area contributed by atoms with Crippen LogP contribution < -0.4 is 10.2 Å². The Morgan fingerprint density at radius 3 is 3.00 bits per heavy atom. The smallest absolute Gasteiger partial charge is 0.0694 e. The third-order valence-corrected chi connectivity index (χ3v) is 4.29. The largest absolute Gasteiger partial charge is 0.382 e. The van der Waals surface area contributed by atoms with Crippen molar-refractivity contribution >= 4 is 11.4 Å². The van der Waals surface area contributed by atoms with Crippen LogP contribution in [0.2, 0.25) is 0 Å². The SMILES string of the molecule is CC1CCc2cc(N3CCOCC3(C)C)ccc2N1. The minimum atomic E-state index is 0.0852. The van der Waals surface area contributed by atoms with Gasteiger partial charge in [0, 0.05) is 24.0 Å². The van der Waals surface area contributed by atoms with Gasteiger partial charge in [-0.3, -0.25) is 0 Å². The Morgan fingerprint density at radius 2 is 2.21 bits per heavy atom. The van der Waals surface area contributed by atoms with Crippen molar-refractivity contribution in [3.63, 3.8) is 0 Å². The molecule has 0 saturated carbocycles. The fourth-order valence-corrected chi connectivity index (χ4v) is 3.14. The second-order valence-corrected chi connectivity index (χ2v) is 6.44. The maximum Gasteiger partial charge on any atom is 0.0694 e. The molecule has 3 rings (SSSR count). The molecule has 1 aromatic carbocycles. The van der Waals surface area contributed by atoms with Gasteiger partial charge in [0.2, 0.25) is 0 Å². The van der Waals surface area contributed by atoms with Crippen molar-refractivity contribution in [3.05, 3.63) is 23.8 Å². The number of morpholine rings is 1. The van der Waals surface area contributed by atoms with Crippen molar-refractivity contribution in [1.82, 2.24) is 0 Å². The van der Waals surface area contributed by atoms with E-state index in [0.717, 1.165) is 19.8 Å². The summed E-state index contributed by atoms with van der Waals surface area (Å²) < 4.78 is 5.61. The first-order valence-electron chi connectivity index (χ1n) is 7.31. The highest BCUT2D eigenvalue weighted by Gasteiger charge is 2.31. The molecule has 2 aliphatic rings. The molecular weight excluding hydrogens is 236 g/mol. The molecule has 1 N–H and O–H groups in total. The Hall–Kier alpha value is -1.22. The van der Waals surface area contributed by atoms with Crippen molar-refractivity contribution in [1.29, 1.82) is 0 Å². The lowest BCUT2D eigenvalue weighted by Gasteiger charge is -2.44. The molecule has 0 aromatic heterocycles. The van der Waals surface area contributed by atoms with E-state index in [9.17, 15) is 0 Å². The summed E-state index contributed by atoms with van der Waals surface area (Å²) in [6, 6.07) is 7.45. The van der Waals surface area contributed by atoms with Crippen molar-refractivity contribution in [2.24, 2.45) is 0 Å². The van der Waals surface area contributed by atoms with E-state index in [4.69, 9.17) is 4.74 Å². The van der Waals surface area contributed by atoms with E-state index in [1.54, 1.807) is 0 Å². The Kier molecular flexibility index (Phi) is 3.17. The van der Waals surface area contributed by atoms with Crippen LogP contribution in [0.4, 0.5) is 11.4 Å². The van der Waals surface area contributed by atoms with E-state index in [-0.39, 0.29) is 5.54 Å². The van der Waals surface area contributed by atoms with Crippen molar-refractivity contribution in [3.8, 4) is 0 Å². The summed E-state index contributed by atoms with van der Waals surface area (Å²) in [7, 11) is 0. The van der Waals surface area contributed by atoms with Gasteiger partial charge >= 0.3 is 0 Å². The molecule has 3 nitrogen and oxygen atoms in total. The van der Waals surface area contributed by atoms with Gasteiger partial charge in [-0.15, -0.1) is 0 Å². The normalized spacial score (nSPS) is 25.6. The van der Waals surface area contributed by atoms with Gasteiger partial charge in [0.1, 0.15) is 0 Å². The Balaban J connectivity index is 1.89. The van der Waals surface area contributed by atoms with E-state index in [1.165, 1.54) is 29.8 Å². The van der Waals surface area contributed by atoms with E-state index in [0.29, 0.717) is 6.04 Å². The standard InChI is InChI=1S/C16H24N2O/c1-12-4-5-13-10-14(6-7-15(13)17-12)18-8-9-19-11-16(18,2)3/h6-7,10,12,17H,4-5,8-9,11H2,1-3H3. The highest BCUT2D eigenvalue weighted by molar-refractivity contribution is 5.63. The molecule has 1 atom stereocenters. The summed E-state index contributed by atoms with van der Waals surface area (Å²) in [4.78, 5) is 2.48. The molecule has 104 valence electrons. The van der Waals surface area contributed by atoms with Gasteiger partial charge in [0.25, 0.3) is 0 Å². The minimum Gasteiger partial charge on any atom is -0.382 e. The number of aryl methyl sites for hydroxylation is 1. The van der Waals surface area contributed by atoms with Crippen LogP contribution in [0.15, 0.2) is 18.2 Å². The maximum atomic E-state index is 5.61. The molecular formula is C16H24N2O. The Bertz CT molecular complexity index is 470. The monoisotopic (exact) mass is 260 g/mol. The first-order chi connectivity index (χ1) is 9.06. The summed E-state index contributed by atoms with van der Waals surface area (Å²) in [5.41, 5.74) is 4.19. The number of fused-ring (bicyclic) bond motifs is 1. The van der Waals surface area contributed by atoms with Crippen LogP contribution in [0, 0.1) is 0 Å². The lowest BCUT2D eigenvalue weighted by atomic mass is 9.96. The van der Waals surface area contributed by atoms with Crippen molar-refractivity contribution in [2.75, 3.05) is 30.0 Å². The number of rotatable bonds is 1. The van der Waals surface area contributed by atoms with E-state index < -0.39 is 0 Å². The molecule has 0 spiro atoms. The zero-order valence-corrected chi connectivity index (χ0v) is 12.2. The number of benzene rings is 1. The first kappa shape index (κ1) is 12.8. The minimum absolute atomic E-state index is 0.0852. The predicted molar refractivity (Wildman–Crippen MR) is 80.1 cm³/mol. The molecule has 2 heterocycles. The molecule has 0 radical (unpaired) electrons. The highest BCUT2D eigenvalue weighted by atomic mass is 16.5. The first-order valence-corrected chi connectivity index (χ1v) is 7.31. The average molecular weight is 260 g/mol. The van der Waals surface area contributed by atoms with Crippen LogP contribution >= 0.6 is 0 Å². The van der Waals surface area contributed by atoms with Gasteiger partial charge in [-0.05, 0) is 57.4 Å². The van der Waals surface area contributed by atoms with Crippen LogP contribution in [0.1, 0.15) is 32.8 Å². The summed E-state index contributed by atoms with van der Waals surface area (Å²) in [5, 5.41) is 3.57. The summed E-state index contributed by atoms with van der Waals surface area (Å²) in [6.45, 7) is 9.38. The number of hydrogen-bond donors (Lipinski definition) is 1. The molecule has 1 saturated heterocycles. The number of hydrogen-bond acceptors (Lipinski definition) is 3. The highest BCUT2D eigenvalue weighted by Crippen LogP contribution is 2.32. The van der Waals surface area contributed by atoms with Gasteiger partial charge in [-0.25, -0.2) is 0 Å². The van der Waals surface area contributed by atoms with Gasteiger partial charge in [-0.1, -0.05) is 0 Å². The number of anilines is 2. The fourth-order valence-electron chi connectivity index (χ4n) is 3.14. The molecule has 0 amide bonds. The van der Waals surface area contributed by atoms with Gasteiger partial charge in [-0.2, -0.15) is 0 Å². The van der Waals surface area contributed by atoms with Crippen LogP contribution in [0.25, 0.3) is 0 Å². The quantitative estimate of drug-likeness (QED) is 0.840. The molecule has 1 unspecified atom stereocenters. The van der Waals surface area contributed by atoms with E-state index in [1.807, 2.05) is 0 Å². The van der Waals surface area contributed by atoms with Crippen LogP contribution in [-0.2, 0) is 11.2 Å². The maximum absolute atomic E-state index is 5.61. The predicted octanol–water partition coefficient (Wildman–Crippen LogP) is 3.05. The summed E-state index contributed by atoms with van der Waals surface area (Å²) in [5.74, 6) is 0. The van der Waals surface area contributed by atoms with Crippen molar-refractivity contribution < 1.29 is 4.74 Å². The topological polar surface area (TPSA) is 24.5 Å².